The van der Waals surface area contributed by atoms with Gasteiger partial charge in [-0.2, -0.15) is 0 Å². The molecule has 4 N–H and O–H groups in total. The topological polar surface area (TPSA) is 82.6 Å². The molecule has 0 spiro atoms. The largest absolute Gasteiger partial charge is 0.395 e. The maximum atomic E-state index is 10.3. The summed E-state index contributed by atoms with van der Waals surface area (Å²) in [4.78, 5) is 6.15. The van der Waals surface area contributed by atoms with Gasteiger partial charge >= 0.3 is 0 Å². The Morgan fingerprint density at radius 1 is 1.47 bits per heavy atom. The van der Waals surface area contributed by atoms with Crippen molar-refractivity contribution >= 4 is 5.82 Å². The van der Waals surface area contributed by atoms with Crippen molar-refractivity contribution in [2.24, 2.45) is 0 Å². The number of hydrogen-bond donors (Lipinski definition) is 3. The Labute approximate surface area is 115 Å². The molecule has 0 fully saturated rings. The number of rotatable bonds is 7. The third-order valence-corrected chi connectivity index (χ3v) is 3.33. The average Bonchev–Trinajstić information content (AvgIpc) is 2.40. The molecule has 1 heterocycles. The van der Waals surface area contributed by atoms with E-state index in [2.05, 4.69) is 16.8 Å². The average molecular weight is 267 g/mol. The summed E-state index contributed by atoms with van der Waals surface area (Å²) in [6.45, 7) is 7.33. The Hall–Kier alpha value is -1.17. The lowest BCUT2D eigenvalue weighted by molar-refractivity contribution is 0.0684. The normalized spacial score (nSPS) is 14.6. The van der Waals surface area contributed by atoms with E-state index in [4.69, 9.17) is 5.73 Å². The highest BCUT2D eigenvalue weighted by molar-refractivity contribution is 5.40. The third-order valence-electron chi connectivity index (χ3n) is 3.33. The number of aliphatic hydroxyl groups is 2. The maximum Gasteiger partial charge on any atom is 0.126 e. The number of nitrogens with two attached hydrogens (primary N) is 1. The molecule has 0 saturated heterocycles. The molecule has 5 heteroatoms. The van der Waals surface area contributed by atoms with E-state index in [0.29, 0.717) is 12.4 Å². The Balaban J connectivity index is 2.75. The zero-order valence-corrected chi connectivity index (χ0v) is 12.0. The molecule has 0 radical (unpaired) electrons. The number of pyridine rings is 1. The SMILES string of the molecule is CCCN(CC(O)c1cnc(N)c(C)c1)[C@@H](C)CO. The van der Waals surface area contributed by atoms with Crippen LogP contribution in [-0.4, -0.2) is 45.8 Å². The summed E-state index contributed by atoms with van der Waals surface area (Å²) in [5.41, 5.74) is 7.30. The standard InChI is InChI=1S/C14H25N3O2/c1-4-5-17(11(3)9-18)8-13(19)12-6-10(2)14(15)16-7-12/h6-7,11,13,18-19H,4-5,8-9H2,1-3H3,(H2,15,16)/t11-,13?/m0/s1. The minimum atomic E-state index is -0.618. The molecule has 0 saturated carbocycles. The molecule has 2 atom stereocenters. The molecule has 1 aromatic heterocycles. The van der Waals surface area contributed by atoms with E-state index >= 15 is 0 Å². The van der Waals surface area contributed by atoms with E-state index in [1.54, 1.807) is 6.20 Å². The second-order valence-corrected chi connectivity index (χ2v) is 5.01. The summed E-state index contributed by atoms with van der Waals surface area (Å²) >= 11 is 0. The van der Waals surface area contributed by atoms with Crippen molar-refractivity contribution < 1.29 is 10.2 Å². The molecular weight excluding hydrogens is 242 g/mol. The molecule has 108 valence electrons. The second-order valence-electron chi connectivity index (χ2n) is 5.01. The molecule has 5 nitrogen and oxygen atoms in total. The van der Waals surface area contributed by atoms with E-state index in [1.807, 2.05) is 19.9 Å². The molecule has 0 aliphatic rings. The number of anilines is 1. The van der Waals surface area contributed by atoms with Gasteiger partial charge in [-0.25, -0.2) is 4.98 Å². The Bertz CT molecular complexity index is 398. The van der Waals surface area contributed by atoms with Crippen LogP contribution in [0.3, 0.4) is 0 Å². The minimum Gasteiger partial charge on any atom is -0.395 e. The number of hydrogen-bond acceptors (Lipinski definition) is 5. The summed E-state index contributed by atoms with van der Waals surface area (Å²) in [6.07, 6.45) is 1.98. The van der Waals surface area contributed by atoms with E-state index in [9.17, 15) is 10.2 Å². The van der Waals surface area contributed by atoms with Gasteiger partial charge in [0.25, 0.3) is 0 Å². The lowest BCUT2D eigenvalue weighted by Crippen LogP contribution is -2.39. The van der Waals surface area contributed by atoms with Gasteiger partial charge in [0.2, 0.25) is 0 Å². The van der Waals surface area contributed by atoms with Crippen molar-refractivity contribution in [1.82, 2.24) is 9.88 Å². The van der Waals surface area contributed by atoms with Crippen molar-refractivity contribution in [1.29, 1.82) is 0 Å². The van der Waals surface area contributed by atoms with Gasteiger partial charge in [0.05, 0.1) is 12.7 Å². The second kappa shape index (κ2) is 7.43. The Morgan fingerprint density at radius 2 is 2.16 bits per heavy atom. The lowest BCUT2D eigenvalue weighted by Gasteiger charge is -2.29. The highest BCUT2D eigenvalue weighted by Crippen LogP contribution is 2.18. The summed E-state index contributed by atoms with van der Waals surface area (Å²) in [7, 11) is 0. The summed E-state index contributed by atoms with van der Waals surface area (Å²) in [5.74, 6) is 0.491. The van der Waals surface area contributed by atoms with Crippen LogP contribution in [0.15, 0.2) is 12.3 Å². The number of aromatic nitrogens is 1. The third kappa shape index (κ3) is 4.45. The van der Waals surface area contributed by atoms with Crippen molar-refractivity contribution in [2.75, 3.05) is 25.4 Å². The van der Waals surface area contributed by atoms with Crippen molar-refractivity contribution in [3.63, 3.8) is 0 Å². The maximum absolute atomic E-state index is 10.3. The molecule has 0 aliphatic carbocycles. The molecule has 1 rings (SSSR count). The van der Waals surface area contributed by atoms with Crippen LogP contribution in [0.25, 0.3) is 0 Å². The van der Waals surface area contributed by atoms with Gasteiger partial charge in [-0.1, -0.05) is 6.92 Å². The number of nitrogen functional groups attached to an aromatic ring is 1. The van der Waals surface area contributed by atoms with Crippen LogP contribution >= 0.6 is 0 Å². The summed E-state index contributed by atoms with van der Waals surface area (Å²) in [5, 5.41) is 19.5. The highest BCUT2D eigenvalue weighted by atomic mass is 16.3. The van der Waals surface area contributed by atoms with Crippen molar-refractivity contribution in [3.8, 4) is 0 Å². The Morgan fingerprint density at radius 3 is 2.68 bits per heavy atom. The van der Waals surface area contributed by atoms with Crippen LogP contribution in [0.2, 0.25) is 0 Å². The molecule has 1 aromatic rings. The van der Waals surface area contributed by atoms with Crippen LogP contribution < -0.4 is 5.73 Å². The van der Waals surface area contributed by atoms with Crippen LogP contribution in [0.1, 0.15) is 37.5 Å². The molecule has 0 bridgehead atoms. The van der Waals surface area contributed by atoms with Gasteiger partial charge in [0.15, 0.2) is 0 Å². The monoisotopic (exact) mass is 267 g/mol. The smallest absolute Gasteiger partial charge is 0.126 e. The zero-order valence-electron chi connectivity index (χ0n) is 12.0. The first-order valence-electron chi connectivity index (χ1n) is 6.74. The first-order valence-corrected chi connectivity index (χ1v) is 6.74. The van der Waals surface area contributed by atoms with Gasteiger partial charge in [-0.3, -0.25) is 4.90 Å². The fourth-order valence-corrected chi connectivity index (χ4v) is 2.01. The van der Waals surface area contributed by atoms with E-state index in [1.165, 1.54) is 0 Å². The van der Waals surface area contributed by atoms with Gasteiger partial charge in [0, 0.05) is 24.3 Å². The summed E-state index contributed by atoms with van der Waals surface area (Å²) < 4.78 is 0. The van der Waals surface area contributed by atoms with Gasteiger partial charge in [0.1, 0.15) is 5.82 Å². The number of aryl methyl sites for hydroxylation is 1. The van der Waals surface area contributed by atoms with Gasteiger partial charge < -0.3 is 15.9 Å². The van der Waals surface area contributed by atoms with Crippen molar-refractivity contribution in [2.45, 2.75) is 39.3 Å². The zero-order chi connectivity index (χ0) is 14.4. The van der Waals surface area contributed by atoms with E-state index in [0.717, 1.165) is 24.1 Å². The number of nitrogens with zero attached hydrogens (tertiary/aromatic N) is 2. The van der Waals surface area contributed by atoms with E-state index in [-0.39, 0.29) is 12.6 Å². The number of aliphatic hydroxyl groups excluding tert-OH is 2. The Kier molecular flexibility index (Phi) is 6.21. The van der Waals surface area contributed by atoms with Crippen LogP contribution in [0, 0.1) is 6.92 Å². The molecule has 0 amide bonds. The first-order chi connectivity index (χ1) is 8.99. The molecule has 0 aromatic carbocycles. The fourth-order valence-electron chi connectivity index (χ4n) is 2.01. The first kappa shape index (κ1) is 15.9. The molecule has 19 heavy (non-hydrogen) atoms. The molecular formula is C14H25N3O2. The van der Waals surface area contributed by atoms with E-state index < -0.39 is 6.10 Å². The highest BCUT2D eigenvalue weighted by Gasteiger charge is 2.18. The van der Waals surface area contributed by atoms with Crippen LogP contribution in [0.4, 0.5) is 5.82 Å². The fraction of sp³-hybridized carbons (Fsp3) is 0.643. The van der Waals surface area contributed by atoms with Gasteiger partial charge in [-0.05, 0) is 38.4 Å². The quantitative estimate of drug-likeness (QED) is 0.689. The van der Waals surface area contributed by atoms with Crippen LogP contribution in [-0.2, 0) is 0 Å². The van der Waals surface area contributed by atoms with Gasteiger partial charge in [-0.15, -0.1) is 0 Å². The summed E-state index contributed by atoms with van der Waals surface area (Å²) in [6, 6.07) is 1.90. The van der Waals surface area contributed by atoms with Crippen molar-refractivity contribution in [3.05, 3.63) is 23.4 Å². The minimum absolute atomic E-state index is 0.0393. The predicted molar refractivity (Wildman–Crippen MR) is 76.8 cm³/mol. The predicted octanol–water partition coefficient (Wildman–Crippen LogP) is 1.10. The molecule has 0 aliphatic heterocycles. The molecule has 1 unspecified atom stereocenters. The lowest BCUT2D eigenvalue weighted by atomic mass is 10.1. The van der Waals surface area contributed by atoms with Crippen LogP contribution in [0.5, 0.6) is 0 Å².